The van der Waals surface area contributed by atoms with Gasteiger partial charge in [0.15, 0.2) is 17.3 Å². The van der Waals surface area contributed by atoms with E-state index in [0.717, 1.165) is 36.0 Å². The summed E-state index contributed by atoms with van der Waals surface area (Å²) in [5.74, 6) is 3.03. The predicted molar refractivity (Wildman–Crippen MR) is 90.4 cm³/mol. The molecule has 3 heterocycles. The second-order valence-corrected chi connectivity index (χ2v) is 6.08. The maximum Gasteiger partial charge on any atom is 0.244 e. The van der Waals surface area contributed by atoms with Crippen LogP contribution in [0.15, 0.2) is 24.4 Å². The molecular weight excluding hydrogens is 306 g/mol. The summed E-state index contributed by atoms with van der Waals surface area (Å²) in [6, 6.07) is 5.90. The van der Waals surface area contributed by atoms with Gasteiger partial charge in [0, 0.05) is 19.6 Å². The summed E-state index contributed by atoms with van der Waals surface area (Å²) in [5, 5.41) is 11.4. The van der Waals surface area contributed by atoms with E-state index in [0.29, 0.717) is 12.5 Å². The summed E-state index contributed by atoms with van der Waals surface area (Å²) in [6.45, 7) is 2.99. The lowest BCUT2D eigenvalue weighted by molar-refractivity contribution is 0.174. The number of nitrogens with zero attached hydrogens (tertiary/aromatic N) is 4. The van der Waals surface area contributed by atoms with Crippen LogP contribution in [0.2, 0.25) is 0 Å². The van der Waals surface area contributed by atoms with E-state index in [1.807, 2.05) is 18.2 Å². The number of anilines is 2. The first-order valence-electron chi connectivity index (χ1n) is 8.45. The number of fused-ring (bicyclic) bond motifs is 1. The van der Waals surface area contributed by atoms with Crippen molar-refractivity contribution in [3.05, 3.63) is 30.0 Å². The van der Waals surface area contributed by atoms with Gasteiger partial charge >= 0.3 is 0 Å². The third-order valence-corrected chi connectivity index (χ3v) is 4.36. The molecule has 1 saturated heterocycles. The Bertz CT molecular complexity index is 701. The van der Waals surface area contributed by atoms with Crippen LogP contribution in [-0.2, 0) is 6.54 Å². The Hall–Kier alpha value is -2.57. The zero-order valence-corrected chi connectivity index (χ0v) is 13.6. The minimum atomic E-state index is 0.289. The maximum atomic E-state index is 5.40. The molecule has 0 unspecified atom stereocenters. The standard InChI is InChI=1S/C17H21N5O2/c1-2-4-8-22(7-3-1)16-11-19-21-17(20-16)18-10-13-5-6-14-15(9-13)24-12-23-14/h5-6,9,11H,1-4,7-8,10,12H2,(H,18,20,21). The van der Waals surface area contributed by atoms with Crippen LogP contribution >= 0.6 is 0 Å². The topological polar surface area (TPSA) is 72.4 Å². The largest absolute Gasteiger partial charge is 0.454 e. The molecule has 2 aromatic rings. The number of ether oxygens (including phenoxy) is 2. The fourth-order valence-corrected chi connectivity index (χ4v) is 3.05. The first-order chi connectivity index (χ1) is 11.9. The van der Waals surface area contributed by atoms with Crippen LogP contribution in [0.1, 0.15) is 31.2 Å². The predicted octanol–water partition coefficient (Wildman–Crippen LogP) is 2.59. The van der Waals surface area contributed by atoms with Crippen LogP contribution in [0, 0.1) is 0 Å². The molecule has 126 valence electrons. The van der Waals surface area contributed by atoms with Crippen LogP contribution in [-0.4, -0.2) is 35.1 Å². The minimum absolute atomic E-state index is 0.289. The molecule has 7 nitrogen and oxygen atoms in total. The van der Waals surface area contributed by atoms with Gasteiger partial charge in [-0.1, -0.05) is 18.9 Å². The van der Waals surface area contributed by atoms with Crippen molar-refractivity contribution < 1.29 is 9.47 Å². The van der Waals surface area contributed by atoms with Crippen LogP contribution < -0.4 is 19.7 Å². The molecule has 0 bridgehead atoms. The first kappa shape index (κ1) is 15.0. The van der Waals surface area contributed by atoms with Gasteiger partial charge in [-0.05, 0) is 30.5 Å². The highest BCUT2D eigenvalue weighted by Crippen LogP contribution is 2.32. The van der Waals surface area contributed by atoms with E-state index in [1.54, 1.807) is 6.20 Å². The number of aromatic nitrogens is 3. The summed E-state index contributed by atoms with van der Waals surface area (Å²) < 4.78 is 10.7. The van der Waals surface area contributed by atoms with Crippen molar-refractivity contribution in [3.8, 4) is 11.5 Å². The van der Waals surface area contributed by atoms with Gasteiger partial charge in [-0.2, -0.15) is 10.1 Å². The van der Waals surface area contributed by atoms with Crippen LogP contribution in [0.25, 0.3) is 0 Å². The van der Waals surface area contributed by atoms with E-state index in [9.17, 15) is 0 Å². The Morgan fingerprint density at radius 3 is 2.75 bits per heavy atom. The van der Waals surface area contributed by atoms with Crippen molar-refractivity contribution in [1.29, 1.82) is 0 Å². The number of hydrogen-bond acceptors (Lipinski definition) is 7. The third kappa shape index (κ3) is 3.34. The third-order valence-electron chi connectivity index (χ3n) is 4.36. The van der Waals surface area contributed by atoms with Gasteiger partial charge in [-0.15, -0.1) is 5.10 Å². The van der Waals surface area contributed by atoms with Gasteiger partial charge in [0.2, 0.25) is 12.7 Å². The summed E-state index contributed by atoms with van der Waals surface area (Å²) in [5.41, 5.74) is 1.09. The van der Waals surface area contributed by atoms with Gasteiger partial charge in [-0.25, -0.2) is 0 Å². The summed E-state index contributed by atoms with van der Waals surface area (Å²) in [7, 11) is 0. The average Bonchev–Trinajstić information content (AvgIpc) is 2.92. The Balaban J connectivity index is 1.42. The zero-order valence-electron chi connectivity index (χ0n) is 13.6. The second-order valence-electron chi connectivity index (χ2n) is 6.08. The van der Waals surface area contributed by atoms with Crippen molar-refractivity contribution >= 4 is 11.8 Å². The number of hydrogen-bond donors (Lipinski definition) is 1. The van der Waals surface area contributed by atoms with Crippen molar-refractivity contribution in [1.82, 2.24) is 15.2 Å². The van der Waals surface area contributed by atoms with Crippen molar-refractivity contribution in [2.45, 2.75) is 32.2 Å². The number of nitrogens with one attached hydrogen (secondary N) is 1. The summed E-state index contributed by atoms with van der Waals surface area (Å²) in [6.07, 6.45) is 6.76. The quantitative estimate of drug-likeness (QED) is 0.925. The Morgan fingerprint density at radius 1 is 1.04 bits per heavy atom. The molecule has 0 radical (unpaired) electrons. The number of benzene rings is 1. The van der Waals surface area contributed by atoms with Crippen LogP contribution in [0.3, 0.4) is 0 Å². The Kier molecular flexibility index (Phi) is 4.31. The normalized spacial score (nSPS) is 16.8. The van der Waals surface area contributed by atoms with Gasteiger partial charge < -0.3 is 19.7 Å². The van der Waals surface area contributed by atoms with E-state index >= 15 is 0 Å². The average molecular weight is 327 g/mol. The maximum absolute atomic E-state index is 5.40. The zero-order chi connectivity index (χ0) is 16.2. The van der Waals surface area contributed by atoms with Gasteiger partial charge in [0.25, 0.3) is 0 Å². The molecular formula is C17H21N5O2. The molecule has 7 heteroatoms. The number of rotatable bonds is 4. The van der Waals surface area contributed by atoms with Crippen molar-refractivity contribution in [2.75, 3.05) is 30.1 Å². The summed E-state index contributed by atoms with van der Waals surface area (Å²) >= 11 is 0. The van der Waals surface area contributed by atoms with Crippen LogP contribution in [0.4, 0.5) is 11.8 Å². The molecule has 1 N–H and O–H groups in total. The van der Waals surface area contributed by atoms with E-state index in [1.165, 1.54) is 25.7 Å². The first-order valence-corrected chi connectivity index (χ1v) is 8.45. The van der Waals surface area contributed by atoms with Gasteiger partial charge in [0.1, 0.15) is 0 Å². The van der Waals surface area contributed by atoms with E-state index in [-0.39, 0.29) is 6.79 Å². The lowest BCUT2D eigenvalue weighted by atomic mass is 10.2. The molecule has 2 aliphatic heterocycles. The Morgan fingerprint density at radius 2 is 1.88 bits per heavy atom. The Labute approximate surface area is 141 Å². The molecule has 1 aromatic heterocycles. The molecule has 4 rings (SSSR count). The van der Waals surface area contributed by atoms with Crippen molar-refractivity contribution in [2.24, 2.45) is 0 Å². The molecule has 1 fully saturated rings. The highest BCUT2D eigenvalue weighted by Gasteiger charge is 2.14. The lowest BCUT2D eigenvalue weighted by Crippen LogP contribution is -2.25. The van der Waals surface area contributed by atoms with E-state index in [4.69, 9.17) is 9.47 Å². The molecule has 1 aromatic carbocycles. The molecule has 0 saturated carbocycles. The lowest BCUT2D eigenvalue weighted by Gasteiger charge is -2.20. The molecule has 0 amide bonds. The SMILES string of the molecule is c1cc2c(cc1CNc1nncc(N3CCCCCC3)n1)OCO2. The molecule has 0 aliphatic carbocycles. The van der Waals surface area contributed by atoms with Gasteiger partial charge in [-0.3, -0.25) is 0 Å². The fraction of sp³-hybridized carbons (Fsp3) is 0.471. The van der Waals surface area contributed by atoms with Crippen LogP contribution in [0.5, 0.6) is 11.5 Å². The summed E-state index contributed by atoms with van der Waals surface area (Å²) in [4.78, 5) is 6.91. The molecule has 0 atom stereocenters. The molecule has 2 aliphatic rings. The monoisotopic (exact) mass is 327 g/mol. The molecule has 24 heavy (non-hydrogen) atoms. The minimum Gasteiger partial charge on any atom is -0.454 e. The van der Waals surface area contributed by atoms with E-state index in [2.05, 4.69) is 25.4 Å². The highest BCUT2D eigenvalue weighted by molar-refractivity contribution is 5.46. The van der Waals surface area contributed by atoms with E-state index < -0.39 is 0 Å². The second kappa shape index (κ2) is 6.90. The fourth-order valence-electron chi connectivity index (χ4n) is 3.05. The molecule has 0 spiro atoms. The smallest absolute Gasteiger partial charge is 0.244 e. The van der Waals surface area contributed by atoms with Gasteiger partial charge in [0.05, 0.1) is 6.20 Å². The van der Waals surface area contributed by atoms with Crippen molar-refractivity contribution in [3.63, 3.8) is 0 Å². The highest BCUT2D eigenvalue weighted by atomic mass is 16.7.